The molecule has 1 rings (SSSR count). The molecule has 5 nitrogen and oxygen atoms in total. The molecule has 1 aromatic carbocycles. The van der Waals surface area contributed by atoms with E-state index in [4.69, 9.17) is 9.47 Å². The lowest BCUT2D eigenvalue weighted by atomic mass is 9.86. The fraction of sp³-hybridized carbons (Fsp3) is 0.650. The summed E-state index contributed by atoms with van der Waals surface area (Å²) < 4.78 is 11.4. The van der Waals surface area contributed by atoms with Crippen LogP contribution in [-0.2, 0) is 5.41 Å². The van der Waals surface area contributed by atoms with Crippen LogP contribution in [0, 0.1) is 0 Å². The van der Waals surface area contributed by atoms with E-state index in [0.717, 1.165) is 37.4 Å². The minimum Gasteiger partial charge on any atom is -0.493 e. The third-order valence-corrected chi connectivity index (χ3v) is 4.10. The summed E-state index contributed by atoms with van der Waals surface area (Å²) in [5.74, 6) is 1.29. The highest BCUT2D eigenvalue weighted by atomic mass is 35.5. The zero-order valence-corrected chi connectivity index (χ0v) is 18.1. The largest absolute Gasteiger partial charge is 0.493 e. The van der Waals surface area contributed by atoms with Gasteiger partial charge in [0.25, 0.3) is 0 Å². The molecule has 1 aromatic rings. The molecule has 0 heterocycles. The molecular formula is C20H35ClN2O3. The molecule has 1 amide bonds. The highest BCUT2D eigenvalue weighted by Crippen LogP contribution is 2.34. The second kappa shape index (κ2) is 11.3. The van der Waals surface area contributed by atoms with E-state index < -0.39 is 6.09 Å². The third-order valence-electron chi connectivity index (χ3n) is 4.10. The smallest absolute Gasteiger partial charge is 0.414 e. The van der Waals surface area contributed by atoms with Gasteiger partial charge in [0, 0.05) is 26.7 Å². The van der Waals surface area contributed by atoms with Crippen molar-refractivity contribution < 1.29 is 14.3 Å². The zero-order valence-electron chi connectivity index (χ0n) is 17.3. The number of halogens is 1. The number of nitrogens with zero attached hydrogens (tertiary/aromatic N) is 2. The molecule has 0 aliphatic rings. The first-order valence-corrected chi connectivity index (χ1v) is 9.07. The van der Waals surface area contributed by atoms with E-state index in [1.54, 1.807) is 14.1 Å². The number of rotatable bonds is 8. The summed E-state index contributed by atoms with van der Waals surface area (Å²) >= 11 is 0. The molecule has 0 saturated heterocycles. The fourth-order valence-corrected chi connectivity index (χ4v) is 2.51. The second-order valence-electron chi connectivity index (χ2n) is 7.40. The Morgan fingerprint density at radius 1 is 1.12 bits per heavy atom. The Kier molecular flexibility index (Phi) is 10.7. The average molecular weight is 387 g/mol. The van der Waals surface area contributed by atoms with E-state index in [2.05, 4.69) is 39.5 Å². The maximum atomic E-state index is 11.8. The van der Waals surface area contributed by atoms with Crippen LogP contribution in [0.5, 0.6) is 11.5 Å². The van der Waals surface area contributed by atoms with Crippen LogP contribution in [-0.4, -0.2) is 56.2 Å². The van der Waals surface area contributed by atoms with Crippen molar-refractivity contribution in [3.8, 4) is 11.5 Å². The Hall–Kier alpha value is -1.46. The number of benzene rings is 1. The van der Waals surface area contributed by atoms with Gasteiger partial charge in [0.15, 0.2) is 0 Å². The number of hydrogen-bond acceptors (Lipinski definition) is 4. The van der Waals surface area contributed by atoms with Gasteiger partial charge in [-0.25, -0.2) is 4.79 Å². The first-order valence-electron chi connectivity index (χ1n) is 9.07. The predicted molar refractivity (Wildman–Crippen MR) is 110 cm³/mol. The van der Waals surface area contributed by atoms with Crippen molar-refractivity contribution >= 4 is 18.5 Å². The Morgan fingerprint density at radius 2 is 1.73 bits per heavy atom. The van der Waals surface area contributed by atoms with Crippen LogP contribution in [0.15, 0.2) is 18.2 Å². The monoisotopic (exact) mass is 386 g/mol. The van der Waals surface area contributed by atoms with Crippen LogP contribution >= 0.6 is 12.4 Å². The van der Waals surface area contributed by atoms with Crippen LogP contribution < -0.4 is 9.47 Å². The van der Waals surface area contributed by atoms with Gasteiger partial charge in [-0.15, -0.1) is 12.4 Å². The molecule has 0 N–H and O–H groups in total. The summed E-state index contributed by atoms with van der Waals surface area (Å²) in [5, 5.41) is 0. The van der Waals surface area contributed by atoms with Crippen LogP contribution in [0.25, 0.3) is 0 Å². The standard InChI is InChI=1S/C20H34N2O3.ClH/c1-8-22(9-2)13-10-14-24-18-15-16(25-19(23)21(6)7)11-12-17(18)20(3,4)5;/h11-12,15H,8-10,13-14H2,1-7H3;1H. The molecule has 6 heteroatoms. The summed E-state index contributed by atoms with van der Waals surface area (Å²) in [6.07, 6.45) is 0.573. The summed E-state index contributed by atoms with van der Waals surface area (Å²) in [6.45, 7) is 14.6. The van der Waals surface area contributed by atoms with Gasteiger partial charge in [0.05, 0.1) is 6.61 Å². The van der Waals surface area contributed by atoms with E-state index in [-0.39, 0.29) is 17.8 Å². The number of amides is 1. The molecule has 150 valence electrons. The van der Waals surface area contributed by atoms with Gasteiger partial charge < -0.3 is 19.3 Å². The lowest BCUT2D eigenvalue weighted by molar-refractivity contribution is 0.171. The summed E-state index contributed by atoms with van der Waals surface area (Å²) in [7, 11) is 3.33. The number of hydrogen-bond donors (Lipinski definition) is 0. The number of carbonyl (C=O) groups excluding carboxylic acids is 1. The maximum absolute atomic E-state index is 11.8. The number of ether oxygens (including phenoxy) is 2. The highest BCUT2D eigenvalue weighted by molar-refractivity contribution is 5.85. The van der Waals surface area contributed by atoms with Crippen LogP contribution in [0.2, 0.25) is 0 Å². The Labute approximate surface area is 165 Å². The fourth-order valence-electron chi connectivity index (χ4n) is 2.51. The van der Waals surface area contributed by atoms with E-state index in [9.17, 15) is 4.79 Å². The Morgan fingerprint density at radius 3 is 2.23 bits per heavy atom. The van der Waals surface area contributed by atoms with Crippen molar-refractivity contribution in [2.45, 2.75) is 46.5 Å². The Balaban J connectivity index is 0.00000625. The molecular weight excluding hydrogens is 352 g/mol. The third kappa shape index (κ3) is 7.83. The van der Waals surface area contributed by atoms with Gasteiger partial charge in [-0.2, -0.15) is 0 Å². The molecule has 0 fully saturated rings. The van der Waals surface area contributed by atoms with Crippen molar-refractivity contribution in [3.05, 3.63) is 23.8 Å². The molecule has 0 aliphatic heterocycles. The zero-order chi connectivity index (χ0) is 19.0. The van der Waals surface area contributed by atoms with Crippen molar-refractivity contribution in [3.63, 3.8) is 0 Å². The minimum absolute atomic E-state index is 0. The molecule has 0 unspecified atom stereocenters. The Bertz CT molecular complexity index is 552. The van der Waals surface area contributed by atoms with E-state index in [1.165, 1.54) is 4.90 Å². The summed E-state index contributed by atoms with van der Waals surface area (Å²) in [6, 6.07) is 5.63. The van der Waals surface area contributed by atoms with Crippen LogP contribution in [0.3, 0.4) is 0 Å². The van der Waals surface area contributed by atoms with E-state index in [0.29, 0.717) is 12.4 Å². The molecule has 0 spiro atoms. The van der Waals surface area contributed by atoms with Crippen molar-refractivity contribution in [2.24, 2.45) is 0 Å². The SMILES string of the molecule is CCN(CC)CCCOc1cc(OC(=O)N(C)C)ccc1C(C)(C)C.Cl. The molecule has 0 bridgehead atoms. The molecule has 0 saturated carbocycles. The van der Waals surface area contributed by atoms with Gasteiger partial charge in [-0.3, -0.25) is 0 Å². The topological polar surface area (TPSA) is 42.0 Å². The summed E-state index contributed by atoms with van der Waals surface area (Å²) in [4.78, 5) is 15.5. The minimum atomic E-state index is -0.393. The lowest BCUT2D eigenvalue weighted by Gasteiger charge is -2.24. The maximum Gasteiger partial charge on any atom is 0.414 e. The lowest BCUT2D eigenvalue weighted by Crippen LogP contribution is -2.26. The van der Waals surface area contributed by atoms with Gasteiger partial charge in [-0.1, -0.05) is 40.7 Å². The van der Waals surface area contributed by atoms with Crippen molar-refractivity contribution in [2.75, 3.05) is 40.3 Å². The first kappa shape index (κ1) is 24.5. The van der Waals surface area contributed by atoms with Gasteiger partial charge in [0.1, 0.15) is 11.5 Å². The van der Waals surface area contributed by atoms with Gasteiger partial charge >= 0.3 is 6.09 Å². The second-order valence-corrected chi connectivity index (χ2v) is 7.40. The average Bonchev–Trinajstić information content (AvgIpc) is 2.54. The molecule has 0 aliphatic carbocycles. The quantitative estimate of drug-likeness (QED) is 0.613. The number of carbonyl (C=O) groups is 1. The molecule has 0 radical (unpaired) electrons. The summed E-state index contributed by atoms with van der Waals surface area (Å²) in [5.41, 5.74) is 1.07. The molecule has 0 aromatic heterocycles. The normalized spacial score (nSPS) is 11.1. The van der Waals surface area contributed by atoms with Gasteiger partial charge in [-0.05, 0) is 36.6 Å². The highest BCUT2D eigenvalue weighted by Gasteiger charge is 2.20. The molecule has 26 heavy (non-hydrogen) atoms. The van der Waals surface area contributed by atoms with Crippen molar-refractivity contribution in [1.29, 1.82) is 0 Å². The van der Waals surface area contributed by atoms with E-state index in [1.807, 2.05) is 18.2 Å². The van der Waals surface area contributed by atoms with E-state index >= 15 is 0 Å². The predicted octanol–water partition coefficient (Wildman–Crippen LogP) is 4.58. The van der Waals surface area contributed by atoms with Gasteiger partial charge in [0.2, 0.25) is 0 Å². The first-order chi connectivity index (χ1) is 11.7. The molecule has 0 atom stereocenters. The van der Waals surface area contributed by atoms with Crippen molar-refractivity contribution in [1.82, 2.24) is 9.80 Å². The van der Waals surface area contributed by atoms with Crippen LogP contribution in [0.4, 0.5) is 4.79 Å². The van der Waals surface area contributed by atoms with Crippen LogP contribution in [0.1, 0.15) is 46.6 Å².